The van der Waals surface area contributed by atoms with E-state index in [9.17, 15) is 0 Å². The van der Waals surface area contributed by atoms with Crippen LogP contribution in [0.25, 0.3) is 0 Å². The third kappa shape index (κ3) is 2.07. The molecule has 0 bridgehead atoms. The maximum atomic E-state index is 9.15. The molecule has 0 spiro atoms. The van der Waals surface area contributed by atoms with Gasteiger partial charge in [0.2, 0.25) is 0 Å². The quantitative estimate of drug-likeness (QED) is 0.717. The first-order valence-electron chi connectivity index (χ1n) is 5.10. The first-order valence-corrected chi connectivity index (χ1v) is 5.10. The number of benzene rings is 1. The van der Waals surface area contributed by atoms with Gasteiger partial charge in [-0.2, -0.15) is 0 Å². The van der Waals surface area contributed by atoms with E-state index >= 15 is 0 Å². The van der Waals surface area contributed by atoms with Gasteiger partial charge in [0.05, 0.1) is 5.69 Å². The second-order valence-corrected chi connectivity index (χ2v) is 4.23. The van der Waals surface area contributed by atoms with Gasteiger partial charge >= 0.3 is 0 Å². The van der Waals surface area contributed by atoms with Crippen molar-refractivity contribution in [2.24, 2.45) is 0 Å². The van der Waals surface area contributed by atoms with Gasteiger partial charge in [-0.3, -0.25) is 10.7 Å². The van der Waals surface area contributed by atoms with Crippen molar-refractivity contribution < 1.29 is 5.21 Å². The van der Waals surface area contributed by atoms with Crippen molar-refractivity contribution >= 4 is 5.69 Å². The third-order valence-corrected chi connectivity index (χ3v) is 2.48. The summed E-state index contributed by atoms with van der Waals surface area (Å²) in [5, 5.41) is 9.15. The van der Waals surface area contributed by atoms with Crippen molar-refractivity contribution in [1.82, 2.24) is 0 Å². The molecule has 0 heterocycles. The molecule has 0 unspecified atom stereocenters. The first kappa shape index (κ1) is 11.1. The van der Waals surface area contributed by atoms with Crippen LogP contribution in [0.2, 0.25) is 0 Å². The molecule has 0 saturated carbocycles. The van der Waals surface area contributed by atoms with E-state index in [0.717, 1.165) is 5.69 Å². The number of hydrogen-bond acceptors (Lipinski definition) is 2. The van der Waals surface area contributed by atoms with Gasteiger partial charge in [-0.25, -0.2) is 0 Å². The highest BCUT2D eigenvalue weighted by molar-refractivity contribution is 5.58. The smallest absolute Gasteiger partial charge is 0.0671 e. The standard InChI is InChI=1S/C12H19NO/c1-8(2)10-6-5-7-11(9(3)4)12(10)13-14/h5-9,13-14H,1-4H3. The van der Waals surface area contributed by atoms with Crippen molar-refractivity contribution in [3.8, 4) is 0 Å². The van der Waals surface area contributed by atoms with E-state index in [1.54, 1.807) is 0 Å². The average molecular weight is 193 g/mol. The number of para-hydroxylation sites is 1. The molecule has 0 aromatic heterocycles. The third-order valence-electron chi connectivity index (χ3n) is 2.48. The molecule has 0 atom stereocenters. The lowest BCUT2D eigenvalue weighted by Gasteiger charge is -2.17. The summed E-state index contributed by atoms with van der Waals surface area (Å²) in [4.78, 5) is 0. The SMILES string of the molecule is CC(C)c1cccc(C(C)C)c1NO. The molecule has 14 heavy (non-hydrogen) atoms. The monoisotopic (exact) mass is 193 g/mol. The lowest BCUT2D eigenvalue weighted by Crippen LogP contribution is -2.03. The van der Waals surface area contributed by atoms with E-state index in [4.69, 9.17) is 5.21 Å². The molecule has 78 valence electrons. The molecule has 0 amide bonds. The zero-order valence-electron chi connectivity index (χ0n) is 9.33. The van der Waals surface area contributed by atoms with Gasteiger partial charge in [0, 0.05) is 0 Å². The van der Waals surface area contributed by atoms with Crippen LogP contribution in [0.4, 0.5) is 5.69 Å². The van der Waals surface area contributed by atoms with Crippen molar-refractivity contribution in [2.45, 2.75) is 39.5 Å². The molecular formula is C12H19NO. The molecule has 2 heteroatoms. The van der Waals surface area contributed by atoms with E-state index in [0.29, 0.717) is 11.8 Å². The Hall–Kier alpha value is -1.02. The second kappa shape index (κ2) is 4.47. The predicted octanol–water partition coefficient (Wildman–Crippen LogP) is 3.73. The molecule has 0 radical (unpaired) electrons. The lowest BCUT2D eigenvalue weighted by molar-refractivity contribution is 0.386. The van der Waals surface area contributed by atoms with Crippen LogP contribution in [0.15, 0.2) is 18.2 Å². The topological polar surface area (TPSA) is 32.3 Å². The molecular weight excluding hydrogens is 174 g/mol. The van der Waals surface area contributed by atoms with Crippen LogP contribution < -0.4 is 5.48 Å². The Labute approximate surface area is 85.9 Å². The Morgan fingerprint density at radius 1 is 1.00 bits per heavy atom. The van der Waals surface area contributed by atoms with E-state index in [1.807, 2.05) is 6.07 Å². The lowest BCUT2D eigenvalue weighted by atomic mass is 9.93. The summed E-state index contributed by atoms with van der Waals surface area (Å²) in [6, 6.07) is 6.15. The van der Waals surface area contributed by atoms with Gasteiger partial charge in [-0.1, -0.05) is 45.9 Å². The normalized spacial score (nSPS) is 11.1. The van der Waals surface area contributed by atoms with E-state index in [2.05, 4.69) is 45.3 Å². The number of nitrogens with one attached hydrogen (secondary N) is 1. The molecule has 0 saturated heterocycles. The Kier molecular flexibility index (Phi) is 3.53. The largest absolute Gasteiger partial charge is 0.291 e. The molecule has 0 aliphatic rings. The van der Waals surface area contributed by atoms with Gasteiger partial charge in [-0.15, -0.1) is 0 Å². The summed E-state index contributed by atoms with van der Waals surface area (Å²) in [5.74, 6) is 0.840. The number of hydrogen-bond donors (Lipinski definition) is 2. The maximum Gasteiger partial charge on any atom is 0.0671 e. The van der Waals surface area contributed by atoms with Crippen molar-refractivity contribution in [2.75, 3.05) is 5.48 Å². The summed E-state index contributed by atoms with van der Waals surface area (Å²) in [6.45, 7) is 8.50. The van der Waals surface area contributed by atoms with Gasteiger partial charge in [0.25, 0.3) is 0 Å². The average Bonchev–Trinajstić information content (AvgIpc) is 2.16. The predicted molar refractivity (Wildman–Crippen MR) is 60.0 cm³/mol. The summed E-state index contributed by atoms with van der Waals surface area (Å²) in [5.41, 5.74) is 5.53. The highest BCUT2D eigenvalue weighted by Crippen LogP contribution is 2.31. The summed E-state index contributed by atoms with van der Waals surface area (Å²) in [7, 11) is 0. The summed E-state index contributed by atoms with van der Waals surface area (Å²) >= 11 is 0. The Balaban J connectivity index is 3.25. The summed E-state index contributed by atoms with van der Waals surface area (Å²) < 4.78 is 0. The minimum absolute atomic E-state index is 0.420. The molecule has 0 aliphatic heterocycles. The van der Waals surface area contributed by atoms with E-state index in [1.165, 1.54) is 11.1 Å². The van der Waals surface area contributed by atoms with Crippen molar-refractivity contribution in [3.63, 3.8) is 0 Å². The fourth-order valence-corrected chi connectivity index (χ4v) is 1.68. The van der Waals surface area contributed by atoms with Gasteiger partial charge in [0.15, 0.2) is 0 Å². The second-order valence-electron chi connectivity index (χ2n) is 4.23. The van der Waals surface area contributed by atoms with Crippen LogP contribution in [0.5, 0.6) is 0 Å². The first-order chi connectivity index (χ1) is 6.57. The highest BCUT2D eigenvalue weighted by Gasteiger charge is 2.12. The van der Waals surface area contributed by atoms with Crippen LogP contribution in [-0.2, 0) is 0 Å². The van der Waals surface area contributed by atoms with Crippen LogP contribution in [0, 0.1) is 0 Å². The van der Waals surface area contributed by atoms with Gasteiger partial charge in [-0.05, 0) is 23.0 Å². The highest BCUT2D eigenvalue weighted by atomic mass is 16.5. The number of anilines is 1. The van der Waals surface area contributed by atoms with E-state index in [-0.39, 0.29) is 0 Å². The summed E-state index contributed by atoms with van der Waals surface area (Å²) in [6.07, 6.45) is 0. The zero-order chi connectivity index (χ0) is 10.7. The van der Waals surface area contributed by atoms with Gasteiger partial charge in [0.1, 0.15) is 0 Å². The minimum atomic E-state index is 0.420. The van der Waals surface area contributed by atoms with Crippen LogP contribution in [0.1, 0.15) is 50.7 Å². The van der Waals surface area contributed by atoms with Gasteiger partial charge < -0.3 is 0 Å². The van der Waals surface area contributed by atoms with Crippen LogP contribution in [-0.4, -0.2) is 5.21 Å². The Morgan fingerprint density at radius 3 is 1.71 bits per heavy atom. The minimum Gasteiger partial charge on any atom is -0.291 e. The molecule has 1 aromatic carbocycles. The fraction of sp³-hybridized carbons (Fsp3) is 0.500. The molecule has 1 rings (SSSR count). The zero-order valence-corrected chi connectivity index (χ0v) is 9.33. The molecule has 2 N–H and O–H groups in total. The number of rotatable bonds is 3. The van der Waals surface area contributed by atoms with Crippen molar-refractivity contribution in [3.05, 3.63) is 29.3 Å². The maximum absolute atomic E-state index is 9.15. The van der Waals surface area contributed by atoms with Crippen LogP contribution in [0.3, 0.4) is 0 Å². The Morgan fingerprint density at radius 2 is 1.43 bits per heavy atom. The molecule has 1 aromatic rings. The fourth-order valence-electron chi connectivity index (χ4n) is 1.68. The molecule has 0 aliphatic carbocycles. The van der Waals surface area contributed by atoms with E-state index < -0.39 is 0 Å². The Bertz CT molecular complexity index is 279. The molecule has 2 nitrogen and oxygen atoms in total. The van der Waals surface area contributed by atoms with Crippen molar-refractivity contribution in [1.29, 1.82) is 0 Å². The van der Waals surface area contributed by atoms with Crippen LogP contribution >= 0.6 is 0 Å². The molecule has 0 fully saturated rings.